The number of hydrogen-bond donors (Lipinski definition) is 2. The van der Waals surface area contributed by atoms with Gasteiger partial charge in [0.1, 0.15) is 16.9 Å². The SMILES string of the molecule is O=C1NC(C=Cc2ccco2)Nc2sc3c(c21)CCN(Cc1ccccc1)C3. The number of nitrogens with zero attached hydrogens (tertiary/aromatic N) is 1. The number of rotatable bonds is 4. The summed E-state index contributed by atoms with van der Waals surface area (Å²) in [7, 11) is 0. The van der Waals surface area contributed by atoms with Gasteiger partial charge in [-0.2, -0.15) is 0 Å². The maximum absolute atomic E-state index is 12.7. The molecule has 4 heterocycles. The molecule has 3 aromatic rings. The van der Waals surface area contributed by atoms with Crippen LogP contribution in [-0.4, -0.2) is 23.5 Å². The van der Waals surface area contributed by atoms with E-state index >= 15 is 0 Å². The van der Waals surface area contributed by atoms with Gasteiger partial charge < -0.3 is 15.1 Å². The van der Waals surface area contributed by atoms with Gasteiger partial charge >= 0.3 is 0 Å². The fraction of sp³-hybridized carbons (Fsp3) is 0.227. The summed E-state index contributed by atoms with van der Waals surface area (Å²) in [6, 6.07) is 14.3. The van der Waals surface area contributed by atoms with E-state index in [4.69, 9.17) is 4.42 Å². The quantitative estimate of drug-likeness (QED) is 0.703. The van der Waals surface area contributed by atoms with Gasteiger partial charge in [0.15, 0.2) is 0 Å². The number of fused-ring (bicyclic) bond motifs is 3. The van der Waals surface area contributed by atoms with Crippen molar-refractivity contribution in [2.75, 3.05) is 11.9 Å². The van der Waals surface area contributed by atoms with Gasteiger partial charge in [-0.15, -0.1) is 11.3 Å². The summed E-state index contributed by atoms with van der Waals surface area (Å²) < 4.78 is 5.32. The van der Waals surface area contributed by atoms with Crippen LogP contribution in [0, 0.1) is 0 Å². The van der Waals surface area contributed by atoms with E-state index in [1.54, 1.807) is 17.6 Å². The van der Waals surface area contributed by atoms with E-state index in [1.165, 1.54) is 16.0 Å². The summed E-state index contributed by atoms with van der Waals surface area (Å²) in [4.78, 5) is 16.5. The second-order valence-electron chi connectivity index (χ2n) is 7.12. The monoisotopic (exact) mass is 391 g/mol. The molecule has 2 aliphatic rings. The topological polar surface area (TPSA) is 57.5 Å². The zero-order valence-corrected chi connectivity index (χ0v) is 16.2. The Kier molecular flexibility index (Phi) is 4.50. The van der Waals surface area contributed by atoms with E-state index in [0.717, 1.165) is 42.4 Å². The number of nitrogens with one attached hydrogen (secondary N) is 2. The number of thiophene rings is 1. The molecule has 1 unspecified atom stereocenters. The summed E-state index contributed by atoms with van der Waals surface area (Å²) >= 11 is 1.71. The molecule has 1 amide bonds. The van der Waals surface area contributed by atoms with Crippen LogP contribution in [0.1, 0.15) is 32.1 Å². The Morgan fingerprint density at radius 3 is 2.89 bits per heavy atom. The molecule has 0 aliphatic carbocycles. The normalized spacial score (nSPS) is 19.1. The molecule has 0 fully saturated rings. The Bertz CT molecular complexity index is 1010. The van der Waals surface area contributed by atoms with Crippen molar-refractivity contribution >= 4 is 28.3 Å². The number of anilines is 1. The lowest BCUT2D eigenvalue weighted by atomic mass is 10.0. The smallest absolute Gasteiger partial charge is 0.256 e. The van der Waals surface area contributed by atoms with E-state index in [9.17, 15) is 4.79 Å². The lowest BCUT2D eigenvalue weighted by Gasteiger charge is -2.28. The molecular weight excluding hydrogens is 370 g/mol. The van der Waals surface area contributed by atoms with Crippen LogP contribution in [0.3, 0.4) is 0 Å². The van der Waals surface area contributed by atoms with Crippen molar-refractivity contribution < 1.29 is 9.21 Å². The Balaban J connectivity index is 1.33. The first kappa shape index (κ1) is 17.3. The fourth-order valence-electron chi connectivity index (χ4n) is 3.84. The van der Waals surface area contributed by atoms with Crippen LogP contribution in [0.4, 0.5) is 5.00 Å². The predicted molar refractivity (Wildman–Crippen MR) is 111 cm³/mol. The third-order valence-corrected chi connectivity index (χ3v) is 6.33. The van der Waals surface area contributed by atoms with Crippen molar-refractivity contribution in [3.63, 3.8) is 0 Å². The maximum atomic E-state index is 12.7. The number of benzene rings is 1. The van der Waals surface area contributed by atoms with Gasteiger partial charge in [0.2, 0.25) is 0 Å². The lowest BCUT2D eigenvalue weighted by molar-refractivity contribution is 0.0942. The van der Waals surface area contributed by atoms with Gasteiger partial charge in [-0.05, 0) is 41.8 Å². The lowest BCUT2D eigenvalue weighted by Crippen LogP contribution is -2.43. The van der Waals surface area contributed by atoms with Gasteiger partial charge in [-0.3, -0.25) is 9.69 Å². The molecule has 6 heteroatoms. The van der Waals surface area contributed by atoms with Gasteiger partial charge in [0.25, 0.3) is 5.91 Å². The second kappa shape index (κ2) is 7.30. The molecule has 2 aliphatic heterocycles. The average Bonchev–Trinajstić information content (AvgIpc) is 3.34. The predicted octanol–water partition coefficient (Wildman–Crippen LogP) is 4.09. The third kappa shape index (κ3) is 3.37. The molecule has 142 valence electrons. The standard InChI is InChI=1S/C22H21N3O2S/c26-21-20-17-10-11-25(13-15-5-2-1-3-6-15)14-18(17)28-22(20)24-19(23-21)9-8-16-7-4-12-27-16/h1-9,12,19,24H,10-11,13-14H2,(H,23,26). The van der Waals surface area contributed by atoms with Crippen molar-refractivity contribution in [1.29, 1.82) is 0 Å². The molecule has 2 aromatic heterocycles. The van der Waals surface area contributed by atoms with Crippen LogP contribution in [0.25, 0.3) is 6.08 Å². The first-order valence-electron chi connectivity index (χ1n) is 9.46. The average molecular weight is 391 g/mol. The number of amides is 1. The zero-order chi connectivity index (χ0) is 18.9. The first-order valence-corrected chi connectivity index (χ1v) is 10.3. The van der Waals surface area contributed by atoms with Crippen molar-refractivity contribution in [2.45, 2.75) is 25.7 Å². The molecule has 5 nitrogen and oxygen atoms in total. The minimum absolute atomic E-state index is 0.0110. The largest absolute Gasteiger partial charge is 0.465 e. The number of carbonyl (C=O) groups is 1. The van der Waals surface area contributed by atoms with Gasteiger partial charge in [0.05, 0.1) is 11.8 Å². The molecule has 0 bridgehead atoms. The highest BCUT2D eigenvalue weighted by molar-refractivity contribution is 7.16. The molecule has 0 saturated heterocycles. The fourth-order valence-corrected chi connectivity index (χ4v) is 5.16. The first-order chi connectivity index (χ1) is 13.8. The molecule has 5 rings (SSSR count). The van der Waals surface area contributed by atoms with Crippen molar-refractivity contribution in [3.05, 3.63) is 82.1 Å². The Morgan fingerprint density at radius 1 is 1.18 bits per heavy atom. The van der Waals surface area contributed by atoms with Gasteiger partial charge in [-0.1, -0.05) is 30.3 Å². The highest BCUT2D eigenvalue weighted by atomic mass is 32.1. The van der Waals surface area contributed by atoms with Gasteiger partial charge in [-0.25, -0.2) is 0 Å². The van der Waals surface area contributed by atoms with E-state index < -0.39 is 0 Å². The molecule has 0 spiro atoms. The summed E-state index contributed by atoms with van der Waals surface area (Å²) in [5, 5.41) is 7.46. The second-order valence-corrected chi connectivity index (χ2v) is 8.23. The highest BCUT2D eigenvalue weighted by Gasteiger charge is 2.32. The van der Waals surface area contributed by atoms with Crippen molar-refractivity contribution in [1.82, 2.24) is 10.2 Å². The van der Waals surface area contributed by atoms with E-state index in [2.05, 4.69) is 39.8 Å². The van der Waals surface area contributed by atoms with E-state index in [1.807, 2.05) is 30.4 Å². The molecule has 1 aromatic carbocycles. The summed E-state index contributed by atoms with van der Waals surface area (Å²) in [6.45, 7) is 2.81. The molecule has 1 atom stereocenters. The molecule has 0 saturated carbocycles. The summed E-state index contributed by atoms with van der Waals surface area (Å²) in [5.74, 6) is 0.778. The Labute approximate surface area is 167 Å². The number of hydrogen-bond acceptors (Lipinski definition) is 5. The molecule has 2 N–H and O–H groups in total. The van der Waals surface area contributed by atoms with Crippen LogP contribution in [0.2, 0.25) is 0 Å². The molecular formula is C22H21N3O2S. The molecule has 0 radical (unpaired) electrons. The van der Waals surface area contributed by atoms with Gasteiger partial charge in [0, 0.05) is 24.5 Å². The van der Waals surface area contributed by atoms with Crippen LogP contribution in [-0.2, 0) is 19.5 Å². The maximum Gasteiger partial charge on any atom is 0.256 e. The summed E-state index contributed by atoms with van der Waals surface area (Å²) in [5.41, 5.74) is 3.37. The Hall–Kier alpha value is -2.83. The highest BCUT2D eigenvalue weighted by Crippen LogP contribution is 2.39. The third-order valence-electron chi connectivity index (χ3n) is 5.18. The number of furan rings is 1. The minimum atomic E-state index is -0.231. The van der Waals surface area contributed by atoms with Crippen LogP contribution >= 0.6 is 11.3 Å². The minimum Gasteiger partial charge on any atom is -0.465 e. The number of carbonyl (C=O) groups excluding carboxylic acids is 1. The van der Waals surface area contributed by atoms with E-state index in [-0.39, 0.29) is 12.1 Å². The van der Waals surface area contributed by atoms with Crippen molar-refractivity contribution in [3.8, 4) is 0 Å². The van der Waals surface area contributed by atoms with Crippen molar-refractivity contribution in [2.24, 2.45) is 0 Å². The van der Waals surface area contributed by atoms with Crippen LogP contribution < -0.4 is 10.6 Å². The van der Waals surface area contributed by atoms with E-state index in [0.29, 0.717) is 0 Å². The Morgan fingerprint density at radius 2 is 2.07 bits per heavy atom. The van der Waals surface area contributed by atoms with Crippen LogP contribution in [0.5, 0.6) is 0 Å². The summed E-state index contributed by atoms with van der Waals surface area (Å²) in [6.07, 6.45) is 6.11. The molecule has 28 heavy (non-hydrogen) atoms. The van der Waals surface area contributed by atoms with Crippen LogP contribution in [0.15, 0.2) is 59.2 Å². The zero-order valence-electron chi connectivity index (χ0n) is 15.4.